The van der Waals surface area contributed by atoms with Crippen LogP contribution in [0.5, 0.6) is 0 Å². The van der Waals surface area contributed by atoms with E-state index in [1.807, 2.05) is 6.92 Å². The van der Waals surface area contributed by atoms with Crippen molar-refractivity contribution in [1.82, 2.24) is 15.5 Å². The molecule has 2 aromatic carbocycles. The lowest BCUT2D eigenvalue weighted by Crippen LogP contribution is -2.63. The van der Waals surface area contributed by atoms with Crippen LogP contribution in [0.15, 0.2) is 36.4 Å². The van der Waals surface area contributed by atoms with E-state index < -0.39 is 5.41 Å². The molecule has 1 saturated carbocycles. The number of aliphatic hydroxyl groups excluding tert-OH is 1. The monoisotopic (exact) mass is 759 g/mol. The highest BCUT2D eigenvalue weighted by Gasteiger charge is 2.53. The maximum absolute atomic E-state index is 14.7. The van der Waals surface area contributed by atoms with E-state index in [-0.39, 0.29) is 42.8 Å². The quantitative estimate of drug-likeness (QED) is 0.216. The minimum absolute atomic E-state index is 0.00250. The molecule has 2 aromatic rings. The molecule has 1 aliphatic carbocycles. The van der Waals surface area contributed by atoms with Gasteiger partial charge in [0.15, 0.2) is 0 Å². The van der Waals surface area contributed by atoms with Crippen LogP contribution in [0, 0.1) is 24.2 Å². The normalized spacial score (nSPS) is 25.7. The van der Waals surface area contributed by atoms with E-state index in [9.17, 15) is 14.7 Å². The van der Waals surface area contributed by atoms with E-state index in [0.717, 1.165) is 114 Å². The summed E-state index contributed by atoms with van der Waals surface area (Å²) in [6, 6.07) is 13.5. The van der Waals surface area contributed by atoms with Crippen molar-refractivity contribution in [2.24, 2.45) is 17.3 Å². The standard InChI is InChI=1S/C46H70N4O5/c1-4-50(41-20-24-54-25-21-41)43-30-38(37-18-16-36(17-19-37)31-49-22-26-55-27-23-49)29-42(35(43)3)44(52)47-33-46(40(32-51)28-34(2)48-45(46)53)39-14-12-10-8-6-5-7-9-11-13-15-39/h16-19,29-30,34,39-41,51H,4-15,20-28,31-33H2,1-3H3,(H,47,52)(H,48,53). The number of hydrogen-bond acceptors (Lipinski definition) is 7. The molecule has 0 aromatic heterocycles. The Bertz CT molecular complexity index is 1510. The maximum Gasteiger partial charge on any atom is 0.251 e. The fourth-order valence-electron chi connectivity index (χ4n) is 10.2. The largest absolute Gasteiger partial charge is 0.396 e. The van der Waals surface area contributed by atoms with Crippen LogP contribution in [0.3, 0.4) is 0 Å². The van der Waals surface area contributed by atoms with Crippen LogP contribution < -0.4 is 15.5 Å². The van der Waals surface area contributed by atoms with E-state index in [1.54, 1.807) is 0 Å². The predicted molar refractivity (Wildman–Crippen MR) is 221 cm³/mol. The van der Waals surface area contributed by atoms with Crippen molar-refractivity contribution in [1.29, 1.82) is 0 Å². The minimum Gasteiger partial charge on any atom is -0.396 e. The number of nitrogens with one attached hydrogen (secondary N) is 2. The van der Waals surface area contributed by atoms with Crippen molar-refractivity contribution in [3.63, 3.8) is 0 Å². The number of morpholine rings is 1. The molecule has 3 heterocycles. The summed E-state index contributed by atoms with van der Waals surface area (Å²) in [6.45, 7) is 13.2. The minimum atomic E-state index is -0.858. The van der Waals surface area contributed by atoms with Crippen LogP contribution in [-0.2, 0) is 20.8 Å². The first-order valence-electron chi connectivity index (χ1n) is 21.9. The SMILES string of the molecule is CCN(c1cc(-c2ccc(CN3CCOCC3)cc2)cc(C(=O)NCC2(C3CCCCCCCCCCC3)C(=O)NC(C)CC2CO)c1C)C1CCOCC1. The number of piperidine rings is 1. The third kappa shape index (κ3) is 10.3. The maximum atomic E-state index is 14.7. The molecule has 3 unspecified atom stereocenters. The lowest BCUT2D eigenvalue weighted by atomic mass is 9.59. The van der Waals surface area contributed by atoms with Gasteiger partial charge in [0.25, 0.3) is 5.91 Å². The number of rotatable bonds is 11. The van der Waals surface area contributed by atoms with Crippen molar-refractivity contribution in [2.75, 3.05) is 64.1 Å². The van der Waals surface area contributed by atoms with Crippen molar-refractivity contribution >= 4 is 17.5 Å². The molecule has 4 fully saturated rings. The molecule has 3 atom stereocenters. The smallest absolute Gasteiger partial charge is 0.251 e. The summed E-state index contributed by atoms with van der Waals surface area (Å²) >= 11 is 0. The highest BCUT2D eigenvalue weighted by atomic mass is 16.5. The number of carbonyl (C=O) groups is 2. The Labute approximate surface area is 331 Å². The number of nitrogens with zero attached hydrogens (tertiary/aromatic N) is 2. The molecular weight excluding hydrogens is 689 g/mol. The van der Waals surface area contributed by atoms with Gasteiger partial charge in [-0.25, -0.2) is 0 Å². The van der Waals surface area contributed by atoms with E-state index in [0.29, 0.717) is 18.0 Å². The number of amides is 2. The third-order valence-corrected chi connectivity index (χ3v) is 13.5. The molecule has 3 aliphatic heterocycles. The first-order valence-corrected chi connectivity index (χ1v) is 21.9. The molecule has 6 rings (SSSR count). The van der Waals surface area contributed by atoms with Crippen LogP contribution >= 0.6 is 0 Å². The zero-order valence-corrected chi connectivity index (χ0v) is 34.2. The van der Waals surface area contributed by atoms with Gasteiger partial charge in [0.05, 0.1) is 18.6 Å². The summed E-state index contributed by atoms with van der Waals surface area (Å²) in [7, 11) is 0. The number of benzene rings is 2. The molecule has 3 N–H and O–H groups in total. The molecule has 304 valence electrons. The summed E-state index contributed by atoms with van der Waals surface area (Å²) in [4.78, 5) is 34.1. The fraction of sp³-hybridized carbons (Fsp3) is 0.696. The first kappa shape index (κ1) is 41.6. The molecule has 3 saturated heterocycles. The van der Waals surface area contributed by atoms with E-state index in [1.165, 1.54) is 50.5 Å². The highest BCUT2D eigenvalue weighted by molar-refractivity contribution is 5.99. The Balaban J connectivity index is 1.32. The van der Waals surface area contributed by atoms with Gasteiger partial charge >= 0.3 is 0 Å². The molecule has 0 radical (unpaired) electrons. The summed E-state index contributed by atoms with van der Waals surface area (Å²) in [5.74, 6) is -0.261. The molecule has 0 spiro atoms. The predicted octanol–water partition coefficient (Wildman–Crippen LogP) is 7.65. The number of anilines is 1. The zero-order chi connectivity index (χ0) is 38.6. The second-order valence-corrected chi connectivity index (χ2v) is 17.1. The van der Waals surface area contributed by atoms with Crippen LogP contribution in [0.25, 0.3) is 11.1 Å². The van der Waals surface area contributed by atoms with Gasteiger partial charge in [0.1, 0.15) is 0 Å². The molecule has 55 heavy (non-hydrogen) atoms. The lowest BCUT2D eigenvalue weighted by Gasteiger charge is -2.49. The number of ether oxygens (including phenoxy) is 2. The Kier molecular flexibility index (Phi) is 15.5. The van der Waals surface area contributed by atoms with Crippen LogP contribution in [0.1, 0.15) is 125 Å². The molecule has 4 aliphatic rings. The van der Waals surface area contributed by atoms with Gasteiger partial charge in [0, 0.05) is 81.8 Å². The van der Waals surface area contributed by atoms with E-state index in [2.05, 4.69) is 70.7 Å². The van der Waals surface area contributed by atoms with Gasteiger partial charge in [-0.3, -0.25) is 14.5 Å². The van der Waals surface area contributed by atoms with Gasteiger partial charge in [-0.2, -0.15) is 0 Å². The second-order valence-electron chi connectivity index (χ2n) is 17.1. The molecular formula is C46H70N4O5. The molecule has 2 amide bonds. The Hall–Kier alpha value is -2.98. The van der Waals surface area contributed by atoms with Crippen LogP contribution in [-0.4, -0.2) is 93.1 Å². The van der Waals surface area contributed by atoms with Crippen molar-refractivity contribution in [3.05, 3.63) is 53.1 Å². The summed E-state index contributed by atoms with van der Waals surface area (Å²) < 4.78 is 11.3. The average molecular weight is 759 g/mol. The Morgan fingerprint density at radius 3 is 2.13 bits per heavy atom. The summed E-state index contributed by atoms with van der Waals surface area (Å²) in [5.41, 5.74) is 5.19. The van der Waals surface area contributed by atoms with Gasteiger partial charge in [0.2, 0.25) is 5.91 Å². The Morgan fingerprint density at radius 1 is 0.891 bits per heavy atom. The number of hydrogen-bond donors (Lipinski definition) is 3. The van der Waals surface area contributed by atoms with Gasteiger partial charge in [-0.05, 0) is 93.2 Å². The molecule has 9 nitrogen and oxygen atoms in total. The summed E-state index contributed by atoms with van der Waals surface area (Å²) in [5, 5.41) is 17.6. The van der Waals surface area contributed by atoms with Crippen molar-refractivity contribution in [2.45, 2.75) is 129 Å². The topological polar surface area (TPSA) is 103 Å². The zero-order valence-electron chi connectivity index (χ0n) is 34.2. The third-order valence-electron chi connectivity index (χ3n) is 13.5. The van der Waals surface area contributed by atoms with Gasteiger partial charge in [-0.1, -0.05) is 82.1 Å². The number of carbonyl (C=O) groups excluding carboxylic acids is 2. The van der Waals surface area contributed by atoms with Crippen molar-refractivity contribution in [3.8, 4) is 11.1 Å². The lowest BCUT2D eigenvalue weighted by molar-refractivity contribution is -0.146. The molecule has 9 heteroatoms. The van der Waals surface area contributed by atoms with Gasteiger partial charge < -0.3 is 30.1 Å². The molecule has 0 bridgehead atoms. The summed E-state index contributed by atoms with van der Waals surface area (Å²) in [6.07, 6.45) is 15.4. The van der Waals surface area contributed by atoms with Crippen LogP contribution in [0.4, 0.5) is 5.69 Å². The second kappa shape index (κ2) is 20.4. The highest BCUT2D eigenvalue weighted by Crippen LogP contribution is 2.46. The van der Waals surface area contributed by atoms with Crippen molar-refractivity contribution < 1.29 is 24.2 Å². The van der Waals surface area contributed by atoms with Crippen LogP contribution in [0.2, 0.25) is 0 Å². The van der Waals surface area contributed by atoms with E-state index >= 15 is 0 Å². The van der Waals surface area contributed by atoms with E-state index in [4.69, 9.17) is 9.47 Å². The average Bonchev–Trinajstić information content (AvgIpc) is 3.20. The fourth-order valence-corrected chi connectivity index (χ4v) is 10.2. The first-order chi connectivity index (χ1) is 26.8. The Morgan fingerprint density at radius 2 is 1.51 bits per heavy atom. The van der Waals surface area contributed by atoms with Gasteiger partial charge in [-0.15, -0.1) is 0 Å². The number of aliphatic hydroxyl groups is 1.